The summed E-state index contributed by atoms with van der Waals surface area (Å²) in [6.07, 6.45) is 3.54. The Morgan fingerprint density at radius 1 is 1.40 bits per heavy atom. The highest BCUT2D eigenvalue weighted by Crippen LogP contribution is 2.23. The lowest BCUT2D eigenvalue weighted by molar-refractivity contribution is -0.138. The first-order valence-electron chi connectivity index (χ1n) is 7.67. The number of nitrogens with zero attached hydrogens (tertiary/aromatic N) is 2. The molecule has 0 aromatic carbocycles. The Labute approximate surface area is 126 Å². The second kappa shape index (κ2) is 7.23. The molecule has 0 N–H and O–H groups in total. The quantitative estimate of drug-likeness (QED) is 0.831. The van der Waals surface area contributed by atoms with E-state index in [1.54, 1.807) is 11.3 Å². The van der Waals surface area contributed by atoms with E-state index in [0.29, 0.717) is 24.5 Å². The Kier molecular flexibility index (Phi) is 5.61. The van der Waals surface area contributed by atoms with Crippen LogP contribution in [0, 0.1) is 0 Å². The van der Waals surface area contributed by atoms with Crippen LogP contribution >= 0.6 is 11.3 Å². The minimum absolute atomic E-state index is 0.295. The first-order valence-corrected chi connectivity index (χ1v) is 8.55. The maximum Gasteiger partial charge on any atom is 0.237 e. The topological polar surface area (TPSA) is 23.6 Å². The van der Waals surface area contributed by atoms with Gasteiger partial charge in [-0.25, -0.2) is 0 Å². The Bertz CT molecular complexity index is 408. The molecule has 1 aromatic heterocycles. The van der Waals surface area contributed by atoms with Gasteiger partial charge in [0.25, 0.3) is 0 Å². The van der Waals surface area contributed by atoms with Crippen LogP contribution in [0.2, 0.25) is 0 Å². The van der Waals surface area contributed by atoms with Crippen LogP contribution in [0.5, 0.6) is 0 Å². The van der Waals surface area contributed by atoms with Crippen molar-refractivity contribution in [3.8, 4) is 0 Å². The van der Waals surface area contributed by atoms with Gasteiger partial charge < -0.3 is 4.90 Å². The third-order valence-electron chi connectivity index (χ3n) is 4.25. The smallest absolute Gasteiger partial charge is 0.237 e. The van der Waals surface area contributed by atoms with Gasteiger partial charge in [0.05, 0.1) is 6.54 Å². The number of hydrogen-bond donors (Lipinski definition) is 0. The zero-order valence-corrected chi connectivity index (χ0v) is 13.7. The molecule has 1 saturated heterocycles. The van der Waals surface area contributed by atoms with Crippen molar-refractivity contribution in [2.45, 2.75) is 58.7 Å². The molecule has 1 fully saturated rings. The molecule has 1 amide bonds. The SMILES string of the molecule is CCN(CC(=O)N1C(C)CCCC1C)Cc1cccs1. The van der Waals surface area contributed by atoms with E-state index in [2.05, 4.69) is 48.1 Å². The third-order valence-corrected chi connectivity index (χ3v) is 5.11. The van der Waals surface area contributed by atoms with E-state index in [9.17, 15) is 4.79 Å². The summed E-state index contributed by atoms with van der Waals surface area (Å²) in [7, 11) is 0. The van der Waals surface area contributed by atoms with E-state index in [4.69, 9.17) is 0 Å². The molecule has 3 nitrogen and oxygen atoms in total. The second-order valence-corrected chi connectivity index (χ2v) is 6.84. The molecule has 0 bridgehead atoms. The molecular formula is C16H26N2OS. The summed E-state index contributed by atoms with van der Waals surface area (Å²) in [6.45, 7) is 8.84. The summed E-state index contributed by atoms with van der Waals surface area (Å²) in [5.41, 5.74) is 0. The van der Waals surface area contributed by atoms with Crippen molar-refractivity contribution >= 4 is 17.2 Å². The van der Waals surface area contributed by atoms with Crippen molar-refractivity contribution in [1.82, 2.24) is 9.80 Å². The van der Waals surface area contributed by atoms with Crippen LogP contribution in [0.3, 0.4) is 0 Å². The van der Waals surface area contributed by atoms with Crippen LogP contribution < -0.4 is 0 Å². The fourth-order valence-corrected chi connectivity index (χ4v) is 3.83. The summed E-state index contributed by atoms with van der Waals surface area (Å²) in [6, 6.07) is 5.01. The van der Waals surface area contributed by atoms with Crippen molar-refractivity contribution in [2.24, 2.45) is 0 Å². The van der Waals surface area contributed by atoms with Gasteiger partial charge in [-0.15, -0.1) is 11.3 Å². The summed E-state index contributed by atoms with van der Waals surface area (Å²) in [5.74, 6) is 0.295. The van der Waals surface area contributed by atoms with E-state index in [-0.39, 0.29) is 0 Å². The Morgan fingerprint density at radius 2 is 2.10 bits per heavy atom. The predicted octanol–water partition coefficient (Wildman–Crippen LogP) is 3.36. The largest absolute Gasteiger partial charge is 0.336 e. The molecule has 2 atom stereocenters. The molecule has 20 heavy (non-hydrogen) atoms. The van der Waals surface area contributed by atoms with Gasteiger partial charge in [-0.05, 0) is 51.1 Å². The van der Waals surface area contributed by atoms with Gasteiger partial charge in [-0.1, -0.05) is 13.0 Å². The van der Waals surface area contributed by atoms with Gasteiger partial charge in [-0.2, -0.15) is 0 Å². The maximum atomic E-state index is 12.6. The van der Waals surface area contributed by atoms with E-state index in [1.165, 1.54) is 11.3 Å². The normalized spacial score (nSPS) is 23.3. The van der Waals surface area contributed by atoms with Crippen LogP contribution in [0.1, 0.15) is 44.9 Å². The summed E-state index contributed by atoms with van der Waals surface area (Å²) in [5, 5.41) is 2.10. The van der Waals surface area contributed by atoms with E-state index < -0.39 is 0 Å². The van der Waals surface area contributed by atoms with E-state index in [1.807, 2.05) is 0 Å². The minimum atomic E-state index is 0.295. The van der Waals surface area contributed by atoms with Crippen LogP contribution in [0.25, 0.3) is 0 Å². The zero-order valence-electron chi connectivity index (χ0n) is 12.8. The molecule has 4 heteroatoms. The van der Waals surface area contributed by atoms with E-state index >= 15 is 0 Å². The first-order chi connectivity index (χ1) is 9.61. The molecule has 0 aliphatic carbocycles. The number of hydrogen-bond acceptors (Lipinski definition) is 3. The number of amides is 1. The monoisotopic (exact) mass is 294 g/mol. The first kappa shape index (κ1) is 15.5. The highest BCUT2D eigenvalue weighted by Gasteiger charge is 2.29. The second-order valence-electron chi connectivity index (χ2n) is 5.81. The number of piperidine rings is 1. The maximum absolute atomic E-state index is 12.6. The number of rotatable bonds is 5. The average Bonchev–Trinajstić information content (AvgIpc) is 2.90. The molecular weight excluding hydrogens is 268 g/mol. The van der Waals surface area contributed by atoms with Gasteiger partial charge in [-0.3, -0.25) is 9.69 Å². The Balaban J connectivity index is 1.94. The highest BCUT2D eigenvalue weighted by atomic mass is 32.1. The molecule has 1 aliphatic rings. The van der Waals surface area contributed by atoms with Gasteiger partial charge >= 0.3 is 0 Å². The van der Waals surface area contributed by atoms with Crippen LogP contribution in [0.4, 0.5) is 0 Å². The lowest BCUT2D eigenvalue weighted by Gasteiger charge is -2.40. The van der Waals surface area contributed by atoms with Crippen molar-refractivity contribution in [3.63, 3.8) is 0 Å². The third kappa shape index (κ3) is 3.83. The van der Waals surface area contributed by atoms with Crippen molar-refractivity contribution in [2.75, 3.05) is 13.1 Å². The number of likely N-dealkylation sites (N-methyl/N-ethyl adjacent to an activating group) is 1. The number of carbonyl (C=O) groups is 1. The van der Waals surface area contributed by atoms with Crippen LogP contribution in [-0.2, 0) is 11.3 Å². The highest BCUT2D eigenvalue weighted by molar-refractivity contribution is 7.09. The van der Waals surface area contributed by atoms with Crippen LogP contribution in [0.15, 0.2) is 17.5 Å². The van der Waals surface area contributed by atoms with Gasteiger partial charge in [0.15, 0.2) is 0 Å². The summed E-state index contributed by atoms with van der Waals surface area (Å²) >= 11 is 1.76. The standard InChI is InChI=1S/C16H26N2OS/c1-4-17(11-15-9-6-10-20-15)12-16(19)18-13(2)7-5-8-14(18)3/h6,9-10,13-14H,4-5,7-8,11-12H2,1-3H3. The van der Waals surface area contributed by atoms with Gasteiger partial charge in [0.2, 0.25) is 5.91 Å². The van der Waals surface area contributed by atoms with Crippen LogP contribution in [-0.4, -0.2) is 40.9 Å². The van der Waals surface area contributed by atoms with Crippen molar-refractivity contribution in [3.05, 3.63) is 22.4 Å². The van der Waals surface area contributed by atoms with Crippen molar-refractivity contribution < 1.29 is 4.79 Å². The molecule has 2 heterocycles. The number of likely N-dealkylation sites (tertiary alicyclic amines) is 1. The van der Waals surface area contributed by atoms with Gasteiger partial charge in [0, 0.05) is 23.5 Å². The fraction of sp³-hybridized carbons (Fsp3) is 0.688. The molecule has 2 rings (SSSR count). The minimum Gasteiger partial charge on any atom is -0.336 e. The number of thiophene rings is 1. The summed E-state index contributed by atoms with van der Waals surface area (Å²) in [4.78, 5) is 18.3. The Hall–Kier alpha value is -0.870. The molecule has 0 spiro atoms. The van der Waals surface area contributed by atoms with Gasteiger partial charge in [0.1, 0.15) is 0 Å². The molecule has 2 unspecified atom stereocenters. The molecule has 0 radical (unpaired) electrons. The molecule has 0 saturated carbocycles. The number of carbonyl (C=O) groups excluding carboxylic acids is 1. The lowest BCUT2D eigenvalue weighted by atomic mass is 9.97. The fourth-order valence-electron chi connectivity index (χ4n) is 3.09. The average molecular weight is 294 g/mol. The van der Waals surface area contributed by atoms with E-state index in [0.717, 1.165) is 25.9 Å². The Morgan fingerprint density at radius 3 is 2.65 bits per heavy atom. The molecule has 1 aliphatic heterocycles. The molecule has 1 aromatic rings. The lowest BCUT2D eigenvalue weighted by Crippen LogP contribution is -2.50. The predicted molar refractivity (Wildman–Crippen MR) is 84.9 cm³/mol. The summed E-state index contributed by atoms with van der Waals surface area (Å²) < 4.78 is 0. The zero-order chi connectivity index (χ0) is 14.5. The van der Waals surface area contributed by atoms with Crippen molar-refractivity contribution in [1.29, 1.82) is 0 Å². The molecule has 112 valence electrons.